The molecule has 0 aromatic carbocycles. The Labute approximate surface area is 80.5 Å². The first-order chi connectivity index (χ1) is 6.45. The van der Waals surface area contributed by atoms with Gasteiger partial charge in [-0.25, -0.2) is 13.8 Å². The van der Waals surface area contributed by atoms with E-state index in [9.17, 15) is 23.3 Å². The number of rotatable bonds is 2. The Morgan fingerprint density at radius 2 is 2.14 bits per heavy atom. The van der Waals surface area contributed by atoms with Crippen LogP contribution in [0.1, 0.15) is 12.0 Å². The van der Waals surface area contributed by atoms with E-state index < -0.39 is 33.6 Å². The van der Waals surface area contributed by atoms with E-state index >= 15 is 0 Å². The number of halogens is 4. The fourth-order valence-electron chi connectivity index (χ4n) is 0.849. The van der Waals surface area contributed by atoms with E-state index in [2.05, 4.69) is 4.98 Å². The predicted octanol–water partition coefficient (Wildman–Crippen LogP) is 2.72. The highest BCUT2D eigenvalue weighted by Gasteiger charge is 2.30. The maximum Gasteiger partial charge on any atom is 0.302 e. The molecule has 1 heterocycles. The first-order valence-electron chi connectivity index (χ1n) is 3.21. The fourth-order valence-corrected chi connectivity index (χ4v) is 1.07. The standard InChI is InChI=1S/C6H2ClF3N2O2/c7-2-1-11-6(10)3(5(8)9)4(2)12(13)14/h1,5H. The van der Waals surface area contributed by atoms with E-state index in [4.69, 9.17) is 11.6 Å². The molecule has 0 fully saturated rings. The highest BCUT2D eigenvalue weighted by atomic mass is 35.5. The van der Waals surface area contributed by atoms with Crippen LogP contribution in [-0.2, 0) is 0 Å². The Morgan fingerprint density at radius 1 is 1.57 bits per heavy atom. The Balaban J connectivity index is 3.50. The molecule has 0 atom stereocenters. The van der Waals surface area contributed by atoms with Crippen LogP contribution in [0.5, 0.6) is 0 Å². The van der Waals surface area contributed by atoms with Gasteiger partial charge in [-0.15, -0.1) is 0 Å². The van der Waals surface area contributed by atoms with Crippen molar-refractivity contribution in [2.24, 2.45) is 0 Å². The summed E-state index contributed by atoms with van der Waals surface area (Å²) in [4.78, 5) is 12.0. The van der Waals surface area contributed by atoms with Gasteiger partial charge < -0.3 is 0 Å². The van der Waals surface area contributed by atoms with E-state index in [1.807, 2.05) is 0 Å². The van der Waals surface area contributed by atoms with Crippen molar-refractivity contribution in [3.05, 3.63) is 32.8 Å². The van der Waals surface area contributed by atoms with Crippen molar-refractivity contribution in [3.8, 4) is 0 Å². The minimum absolute atomic E-state index is 0.612. The van der Waals surface area contributed by atoms with Crippen molar-refractivity contribution in [2.75, 3.05) is 0 Å². The molecule has 0 bridgehead atoms. The lowest BCUT2D eigenvalue weighted by Gasteiger charge is -2.02. The molecule has 1 aromatic rings. The van der Waals surface area contributed by atoms with Crippen LogP contribution in [-0.4, -0.2) is 9.91 Å². The second-order valence-electron chi connectivity index (χ2n) is 2.22. The molecule has 4 nitrogen and oxygen atoms in total. The molecule has 14 heavy (non-hydrogen) atoms. The fraction of sp³-hybridized carbons (Fsp3) is 0.167. The molecule has 0 N–H and O–H groups in total. The maximum absolute atomic E-state index is 12.7. The number of hydrogen-bond acceptors (Lipinski definition) is 3. The Morgan fingerprint density at radius 3 is 2.50 bits per heavy atom. The molecule has 0 unspecified atom stereocenters. The summed E-state index contributed by atoms with van der Waals surface area (Å²) in [6.07, 6.45) is -2.72. The largest absolute Gasteiger partial charge is 0.302 e. The quantitative estimate of drug-likeness (QED) is 0.443. The zero-order chi connectivity index (χ0) is 10.9. The third-order valence-electron chi connectivity index (χ3n) is 1.40. The van der Waals surface area contributed by atoms with Gasteiger partial charge >= 0.3 is 5.69 Å². The molecule has 0 aliphatic rings. The topological polar surface area (TPSA) is 56.0 Å². The maximum atomic E-state index is 12.7. The van der Waals surface area contributed by atoms with Gasteiger partial charge in [0.25, 0.3) is 6.43 Å². The second kappa shape index (κ2) is 3.79. The van der Waals surface area contributed by atoms with Gasteiger partial charge in [-0.05, 0) is 0 Å². The van der Waals surface area contributed by atoms with E-state index in [1.165, 1.54) is 0 Å². The van der Waals surface area contributed by atoms with Crippen molar-refractivity contribution < 1.29 is 18.1 Å². The first kappa shape index (κ1) is 10.7. The molecule has 0 aliphatic heterocycles. The van der Waals surface area contributed by atoms with Crippen LogP contribution >= 0.6 is 11.6 Å². The van der Waals surface area contributed by atoms with E-state index in [0.29, 0.717) is 6.20 Å². The van der Waals surface area contributed by atoms with Crippen molar-refractivity contribution in [3.63, 3.8) is 0 Å². The van der Waals surface area contributed by atoms with Gasteiger partial charge in [-0.3, -0.25) is 10.1 Å². The zero-order valence-electron chi connectivity index (χ0n) is 6.38. The minimum Gasteiger partial charge on any atom is -0.258 e. The lowest BCUT2D eigenvalue weighted by molar-refractivity contribution is -0.386. The summed E-state index contributed by atoms with van der Waals surface area (Å²) in [6, 6.07) is 0. The molecule has 0 aliphatic carbocycles. The lowest BCUT2D eigenvalue weighted by atomic mass is 10.2. The van der Waals surface area contributed by atoms with Crippen LogP contribution in [0, 0.1) is 16.1 Å². The smallest absolute Gasteiger partial charge is 0.258 e. The number of alkyl halides is 2. The molecule has 8 heteroatoms. The van der Waals surface area contributed by atoms with Gasteiger partial charge in [0.1, 0.15) is 5.02 Å². The summed E-state index contributed by atoms with van der Waals surface area (Å²) in [7, 11) is 0. The second-order valence-corrected chi connectivity index (χ2v) is 2.62. The summed E-state index contributed by atoms with van der Waals surface area (Å²) < 4.78 is 37.1. The molecule has 0 saturated heterocycles. The Kier molecular flexibility index (Phi) is 2.90. The van der Waals surface area contributed by atoms with Crippen LogP contribution in [0.4, 0.5) is 18.9 Å². The van der Waals surface area contributed by atoms with Crippen molar-refractivity contribution in [1.82, 2.24) is 4.98 Å². The summed E-state index contributed by atoms with van der Waals surface area (Å²) in [6.45, 7) is 0. The highest BCUT2D eigenvalue weighted by Crippen LogP contribution is 2.35. The first-order valence-corrected chi connectivity index (χ1v) is 3.59. The molecular weight excluding hydrogens is 225 g/mol. The van der Waals surface area contributed by atoms with Gasteiger partial charge in [-0.1, -0.05) is 11.6 Å². The van der Waals surface area contributed by atoms with Crippen molar-refractivity contribution >= 4 is 17.3 Å². The number of aromatic nitrogens is 1. The molecule has 0 spiro atoms. The van der Waals surface area contributed by atoms with Gasteiger partial charge in [0.05, 0.1) is 11.1 Å². The normalized spacial score (nSPS) is 10.6. The zero-order valence-corrected chi connectivity index (χ0v) is 7.13. The van der Waals surface area contributed by atoms with E-state index in [-0.39, 0.29) is 0 Å². The van der Waals surface area contributed by atoms with E-state index in [0.717, 1.165) is 0 Å². The van der Waals surface area contributed by atoms with Crippen molar-refractivity contribution in [2.45, 2.75) is 6.43 Å². The Hall–Kier alpha value is -1.37. The van der Waals surface area contributed by atoms with Gasteiger partial charge in [0.15, 0.2) is 5.56 Å². The van der Waals surface area contributed by atoms with Crippen LogP contribution in [0.25, 0.3) is 0 Å². The van der Waals surface area contributed by atoms with Gasteiger partial charge in [-0.2, -0.15) is 4.39 Å². The summed E-state index contributed by atoms with van der Waals surface area (Å²) in [5.41, 5.74) is -2.53. The van der Waals surface area contributed by atoms with Gasteiger partial charge in [0.2, 0.25) is 5.95 Å². The monoisotopic (exact) mass is 226 g/mol. The Bertz CT molecular complexity index is 386. The third-order valence-corrected chi connectivity index (χ3v) is 1.67. The van der Waals surface area contributed by atoms with Crippen LogP contribution in [0.15, 0.2) is 6.20 Å². The molecule has 1 aromatic heterocycles. The SMILES string of the molecule is O=[N+]([O-])c1c(Cl)cnc(F)c1C(F)F. The minimum atomic E-state index is -3.33. The lowest BCUT2D eigenvalue weighted by Crippen LogP contribution is -2.02. The molecule has 1 rings (SSSR count). The van der Waals surface area contributed by atoms with Crippen LogP contribution in [0.3, 0.4) is 0 Å². The average Bonchev–Trinajstić information content (AvgIpc) is 2.07. The summed E-state index contributed by atoms with van der Waals surface area (Å²) in [5, 5.41) is 9.67. The van der Waals surface area contributed by atoms with E-state index in [1.54, 1.807) is 0 Å². The summed E-state index contributed by atoms with van der Waals surface area (Å²) >= 11 is 5.24. The molecule has 76 valence electrons. The van der Waals surface area contributed by atoms with Crippen molar-refractivity contribution in [1.29, 1.82) is 0 Å². The summed E-state index contributed by atoms with van der Waals surface area (Å²) in [5.74, 6) is -1.59. The average molecular weight is 227 g/mol. The van der Waals surface area contributed by atoms with Crippen LogP contribution < -0.4 is 0 Å². The number of hydrogen-bond donors (Lipinski definition) is 0. The third kappa shape index (κ3) is 1.77. The highest BCUT2D eigenvalue weighted by molar-refractivity contribution is 6.32. The van der Waals surface area contributed by atoms with Gasteiger partial charge in [0, 0.05) is 0 Å². The van der Waals surface area contributed by atoms with Crippen LogP contribution in [0.2, 0.25) is 5.02 Å². The molecule has 0 radical (unpaired) electrons. The number of nitrogens with zero attached hydrogens (tertiary/aromatic N) is 2. The number of pyridine rings is 1. The predicted molar refractivity (Wildman–Crippen MR) is 40.8 cm³/mol. The molecule has 0 saturated carbocycles. The molecule has 0 amide bonds. The molecular formula is C6H2ClF3N2O2. The number of nitro groups is 1.